The summed E-state index contributed by atoms with van der Waals surface area (Å²) in [4.78, 5) is 0. The van der Waals surface area contributed by atoms with Gasteiger partial charge < -0.3 is 21.6 Å². The molecule has 2 aromatic rings. The molecule has 0 unspecified atom stereocenters. The minimum atomic E-state index is -2.76. The molecule has 0 fully saturated rings. The van der Waals surface area contributed by atoms with Gasteiger partial charge >= 0.3 is 0 Å². The molecular weight excluding hydrogens is 324 g/mol. The van der Waals surface area contributed by atoms with Gasteiger partial charge in [-0.05, 0) is 24.3 Å². The minimum absolute atomic E-state index is 0.0361. The third kappa shape index (κ3) is 10.3. The second-order valence-corrected chi connectivity index (χ2v) is 5.18. The van der Waals surface area contributed by atoms with Crippen molar-refractivity contribution in [2.24, 2.45) is 5.73 Å². The van der Waals surface area contributed by atoms with Gasteiger partial charge in [-0.2, -0.15) is 0 Å². The Bertz CT molecular complexity index is 557. The summed E-state index contributed by atoms with van der Waals surface area (Å²) in [6.45, 7) is 4.61. The highest BCUT2D eigenvalue weighted by molar-refractivity contribution is 5.25. The smallest absolute Gasteiger partial charge is 0.270 e. The number of aliphatic hydroxyl groups is 1. The van der Waals surface area contributed by atoms with Gasteiger partial charge in [-0.1, -0.05) is 54.6 Å². The predicted octanol–water partition coefficient (Wildman–Crippen LogP) is 3.29. The van der Waals surface area contributed by atoms with E-state index in [1.807, 2.05) is 30.3 Å². The molecule has 5 N–H and O–H groups in total. The first-order chi connectivity index (χ1) is 12.0. The molecule has 2 rings (SSSR count). The van der Waals surface area contributed by atoms with Crippen molar-refractivity contribution in [1.29, 1.82) is 5.41 Å². The molecule has 0 saturated heterocycles. The van der Waals surface area contributed by atoms with Crippen LogP contribution < -0.4 is 11.1 Å². The Morgan fingerprint density at radius 3 is 2.04 bits per heavy atom. The monoisotopic (exact) mass is 351 g/mol. The minimum Gasteiger partial charge on any atom is -0.396 e. The zero-order valence-corrected chi connectivity index (χ0v) is 14.5. The van der Waals surface area contributed by atoms with Crippen LogP contribution in [0.3, 0.4) is 0 Å². The van der Waals surface area contributed by atoms with Crippen molar-refractivity contribution in [3.05, 3.63) is 71.3 Å². The lowest BCUT2D eigenvalue weighted by atomic mass is 10.1. The number of benzene rings is 2. The standard InChI is InChI=1S/C10H14F2N2.C8H10O.CH3N/c1-10(11,12)9-4-2-8(3-5-9)6-14-7-13;9-7-6-8-4-2-1-3-5-8;1-2/h2-5,14H,6-7,13H2,1H3;1-5,9H,6-7H2;2H,1H2. The van der Waals surface area contributed by atoms with E-state index in [2.05, 4.69) is 12.0 Å². The molecule has 0 aliphatic heterocycles. The highest BCUT2D eigenvalue weighted by atomic mass is 19.3. The molecule has 0 aromatic heterocycles. The van der Waals surface area contributed by atoms with Crippen molar-refractivity contribution in [2.75, 3.05) is 13.3 Å². The number of nitrogens with two attached hydrogens (primary N) is 1. The fourth-order valence-corrected chi connectivity index (χ4v) is 1.91. The first-order valence-corrected chi connectivity index (χ1v) is 7.85. The first-order valence-electron chi connectivity index (χ1n) is 7.85. The largest absolute Gasteiger partial charge is 0.396 e. The van der Waals surface area contributed by atoms with Crippen LogP contribution in [0, 0.1) is 5.41 Å². The third-order valence-corrected chi connectivity index (χ3v) is 3.18. The number of hydrogen-bond donors (Lipinski definition) is 4. The Kier molecular flexibility index (Phi) is 12.0. The fourth-order valence-electron chi connectivity index (χ4n) is 1.91. The van der Waals surface area contributed by atoms with E-state index >= 15 is 0 Å². The summed E-state index contributed by atoms with van der Waals surface area (Å²) in [7, 11) is 0. The zero-order chi connectivity index (χ0) is 19.1. The van der Waals surface area contributed by atoms with Crippen LogP contribution >= 0.6 is 0 Å². The second kappa shape index (κ2) is 13.2. The number of hydrogen-bond acceptors (Lipinski definition) is 4. The lowest BCUT2D eigenvalue weighted by molar-refractivity contribution is 0.0174. The molecule has 25 heavy (non-hydrogen) atoms. The summed E-state index contributed by atoms with van der Waals surface area (Å²) in [5.41, 5.74) is 7.42. The molecule has 138 valence electrons. The van der Waals surface area contributed by atoms with Crippen molar-refractivity contribution in [2.45, 2.75) is 25.8 Å². The van der Waals surface area contributed by atoms with Crippen LogP contribution in [0.25, 0.3) is 0 Å². The molecule has 0 bridgehead atoms. The number of nitrogens with one attached hydrogen (secondary N) is 2. The van der Waals surface area contributed by atoms with E-state index < -0.39 is 5.92 Å². The van der Waals surface area contributed by atoms with E-state index in [-0.39, 0.29) is 12.2 Å². The maximum atomic E-state index is 12.8. The van der Waals surface area contributed by atoms with Crippen LogP contribution in [-0.4, -0.2) is 25.1 Å². The Hall–Kier alpha value is -2.15. The predicted molar refractivity (Wildman–Crippen MR) is 99.0 cm³/mol. The Morgan fingerprint density at radius 1 is 1.04 bits per heavy atom. The summed E-state index contributed by atoms with van der Waals surface area (Å²) in [6.07, 6.45) is 0.765. The lowest BCUT2D eigenvalue weighted by Crippen LogP contribution is -2.21. The number of rotatable bonds is 6. The molecule has 0 atom stereocenters. The maximum Gasteiger partial charge on any atom is 0.270 e. The fraction of sp³-hybridized carbons (Fsp3) is 0.316. The molecule has 0 aliphatic carbocycles. The van der Waals surface area contributed by atoms with Crippen molar-refractivity contribution >= 4 is 6.72 Å². The van der Waals surface area contributed by atoms with Gasteiger partial charge in [-0.15, -0.1) is 0 Å². The summed E-state index contributed by atoms with van der Waals surface area (Å²) >= 11 is 0. The van der Waals surface area contributed by atoms with Gasteiger partial charge in [0.25, 0.3) is 5.92 Å². The van der Waals surface area contributed by atoms with Crippen molar-refractivity contribution < 1.29 is 13.9 Å². The second-order valence-electron chi connectivity index (χ2n) is 5.18. The van der Waals surface area contributed by atoms with E-state index in [9.17, 15) is 8.78 Å². The van der Waals surface area contributed by atoms with Gasteiger partial charge in [0.2, 0.25) is 0 Å². The van der Waals surface area contributed by atoms with Crippen LogP contribution in [0.4, 0.5) is 8.78 Å². The van der Waals surface area contributed by atoms with Crippen LogP contribution in [0.5, 0.6) is 0 Å². The number of aliphatic hydroxyl groups excluding tert-OH is 1. The van der Waals surface area contributed by atoms with Gasteiger partial charge in [-0.3, -0.25) is 0 Å². The Morgan fingerprint density at radius 2 is 1.60 bits per heavy atom. The first kappa shape index (κ1) is 22.9. The van der Waals surface area contributed by atoms with Crippen LogP contribution in [0.1, 0.15) is 23.6 Å². The number of halogens is 2. The molecular formula is C19H27F2N3O. The summed E-state index contributed by atoms with van der Waals surface area (Å²) in [5.74, 6) is -2.76. The quantitative estimate of drug-likeness (QED) is 0.476. The van der Waals surface area contributed by atoms with Gasteiger partial charge in [-0.25, -0.2) is 8.78 Å². The molecule has 2 aromatic carbocycles. The molecule has 0 amide bonds. The van der Waals surface area contributed by atoms with E-state index in [1.165, 1.54) is 17.7 Å². The van der Waals surface area contributed by atoms with Gasteiger partial charge in [0.1, 0.15) is 0 Å². The molecule has 0 radical (unpaired) electrons. The molecule has 0 aliphatic rings. The highest BCUT2D eigenvalue weighted by Crippen LogP contribution is 2.26. The summed E-state index contributed by atoms with van der Waals surface area (Å²) < 4.78 is 25.6. The van der Waals surface area contributed by atoms with E-state index in [0.29, 0.717) is 13.2 Å². The highest BCUT2D eigenvalue weighted by Gasteiger charge is 2.23. The van der Waals surface area contributed by atoms with E-state index in [1.54, 1.807) is 12.1 Å². The lowest BCUT2D eigenvalue weighted by Gasteiger charge is -2.11. The average Bonchev–Trinajstić information content (AvgIpc) is 2.63. The van der Waals surface area contributed by atoms with Crippen molar-refractivity contribution in [1.82, 2.24) is 5.32 Å². The van der Waals surface area contributed by atoms with Crippen LogP contribution in [0.15, 0.2) is 54.6 Å². The van der Waals surface area contributed by atoms with Crippen molar-refractivity contribution in [3.8, 4) is 0 Å². The van der Waals surface area contributed by atoms with Crippen LogP contribution in [0.2, 0.25) is 0 Å². The molecule has 6 heteroatoms. The molecule has 0 saturated carbocycles. The summed E-state index contributed by atoms with van der Waals surface area (Å²) in [5, 5.41) is 16.9. The zero-order valence-electron chi connectivity index (χ0n) is 14.5. The molecule has 0 heterocycles. The van der Waals surface area contributed by atoms with E-state index in [4.69, 9.17) is 16.2 Å². The third-order valence-electron chi connectivity index (χ3n) is 3.18. The van der Waals surface area contributed by atoms with Gasteiger partial charge in [0.15, 0.2) is 0 Å². The molecule has 4 nitrogen and oxygen atoms in total. The average molecular weight is 351 g/mol. The summed E-state index contributed by atoms with van der Waals surface area (Å²) in [6, 6.07) is 16.2. The maximum absolute atomic E-state index is 12.8. The van der Waals surface area contributed by atoms with Crippen molar-refractivity contribution in [3.63, 3.8) is 0 Å². The molecule has 0 spiro atoms. The van der Waals surface area contributed by atoms with Crippen LogP contribution in [-0.2, 0) is 18.9 Å². The normalized spacial score (nSPS) is 10.1. The Labute approximate surface area is 148 Å². The van der Waals surface area contributed by atoms with Gasteiger partial charge in [0.05, 0.1) is 0 Å². The SMILES string of the molecule is C=N.CC(F)(F)c1ccc(CNCN)cc1.OCCc1ccccc1. The van der Waals surface area contributed by atoms with E-state index in [0.717, 1.165) is 18.9 Å². The topological polar surface area (TPSA) is 82.1 Å². The Balaban J connectivity index is 0.000000451. The number of alkyl halides is 2. The van der Waals surface area contributed by atoms with Gasteiger partial charge in [0, 0.05) is 32.3 Å².